The molecular weight excluding hydrogens is 768 g/mol. The number of amides is 2. The number of anilines is 1. The summed E-state index contributed by atoms with van der Waals surface area (Å²) in [5, 5.41) is 48.5. The fraction of sp³-hybridized carbons (Fsp3) is 0.455. The first-order chi connectivity index (χ1) is 25.4. The summed E-state index contributed by atoms with van der Waals surface area (Å²) >= 11 is 8.48. The number of benzene rings is 1. The smallest absolute Gasteiger partial charge is 0.350 e. The summed E-state index contributed by atoms with van der Waals surface area (Å²) in [6, 6.07) is 0.00541. The first-order valence-electron chi connectivity index (χ1n) is 16.8. The topological polar surface area (TPSA) is 263 Å². The molecule has 54 heavy (non-hydrogen) atoms. The number of aliphatic carboxylic acids is 2. The van der Waals surface area contributed by atoms with Crippen LogP contribution in [0, 0.1) is 0 Å². The average molecular weight is 805 g/mol. The largest absolute Gasteiger partial charge is 0.543 e. The number of fused-ring (bicyclic) bond motifs is 2. The van der Waals surface area contributed by atoms with Crippen LogP contribution in [-0.4, -0.2) is 117 Å². The molecule has 2 fully saturated rings. The molecule has 3 aliphatic rings. The van der Waals surface area contributed by atoms with Crippen LogP contribution in [0.15, 0.2) is 39.0 Å². The summed E-state index contributed by atoms with van der Waals surface area (Å²) < 4.78 is 1.89. The zero-order valence-corrected chi connectivity index (χ0v) is 31.7. The van der Waals surface area contributed by atoms with Gasteiger partial charge < -0.3 is 45.6 Å². The maximum Gasteiger partial charge on any atom is 0.350 e. The van der Waals surface area contributed by atoms with Crippen LogP contribution < -0.4 is 21.7 Å². The van der Waals surface area contributed by atoms with Crippen molar-refractivity contribution in [1.82, 2.24) is 24.8 Å². The second-order valence-electron chi connectivity index (χ2n) is 13.8. The highest BCUT2D eigenvalue weighted by molar-refractivity contribution is 8.00. The minimum absolute atomic E-state index is 0.00754. The highest BCUT2D eigenvalue weighted by Gasteiger charge is 2.55. The molecule has 6 rings (SSSR count). The Labute approximate surface area is 320 Å². The molecular formula is C33H37ClN8O10S2. The van der Waals surface area contributed by atoms with Gasteiger partial charge in [-0.05, 0) is 20.8 Å². The quantitative estimate of drug-likeness (QED) is 0.0521. The number of halogens is 1. The van der Waals surface area contributed by atoms with Crippen molar-refractivity contribution in [1.29, 1.82) is 0 Å². The highest BCUT2D eigenvalue weighted by atomic mass is 35.5. The number of nitrogen functional groups attached to an aromatic ring is 1. The molecule has 2 saturated heterocycles. The Balaban J connectivity index is 1.20. The molecule has 3 aromatic rings. The molecule has 3 aliphatic heterocycles. The Morgan fingerprint density at radius 1 is 1.24 bits per heavy atom. The van der Waals surface area contributed by atoms with Gasteiger partial charge in [-0.25, -0.2) is 14.8 Å². The summed E-state index contributed by atoms with van der Waals surface area (Å²) in [5.41, 5.74) is 3.44. The van der Waals surface area contributed by atoms with Gasteiger partial charge in [-0.3, -0.25) is 23.9 Å². The summed E-state index contributed by atoms with van der Waals surface area (Å²) in [6.07, 6.45) is 3.64. The van der Waals surface area contributed by atoms with Crippen LogP contribution in [0.1, 0.15) is 45.7 Å². The van der Waals surface area contributed by atoms with E-state index in [2.05, 4.69) is 20.4 Å². The molecule has 3 atom stereocenters. The maximum atomic E-state index is 13.6. The number of oxime groups is 1. The number of phenolic OH excluding ortho intramolecular Hbond substituents is 2. The minimum atomic E-state index is -1.80. The Bertz CT molecular complexity index is 2180. The predicted octanol–water partition coefficient (Wildman–Crippen LogP) is 0.577. The second kappa shape index (κ2) is 14.7. The van der Waals surface area contributed by atoms with Gasteiger partial charge in [0, 0.05) is 48.1 Å². The molecule has 1 aromatic carbocycles. The summed E-state index contributed by atoms with van der Waals surface area (Å²) in [7, 11) is 0. The lowest BCUT2D eigenvalue weighted by Crippen LogP contribution is -2.72. The molecule has 0 bridgehead atoms. The monoisotopic (exact) mass is 804 g/mol. The molecule has 0 unspecified atom stereocenters. The van der Waals surface area contributed by atoms with Crippen molar-refractivity contribution in [3.8, 4) is 11.5 Å². The lowest BCUT2D eigenvalue weighted by Gasteiger charge is -2.53. The Morgan fingerprint density at radius 3 is 2.57 bits per heavy atom. The van der Waals surface area contributed by atoms with Crippen molar-refractivity contribution in [3.05, 3.63) is 50.1 Å². The number of thiazole rings is 1. The molecule has 21 heteroatoms. The number of hydrogen-bond acceptors (Lipinski definition) is 15. The highest BCUT2D eigenvalue weighted by Crippen LogP contribution is 2.45. The van der Waals surface area contributed by atoms with Crippen LogP contribution in [0.3, 0.4) is 0 Å². The van der Waals surface area contributed by atoms with E-state index < -0.39 is 68.8 Å². The number of aryl methyl sites for hydroxylation is 1. The molecule has 2 aromatic heterocycles. The Morgan fingerprint density at radius 2 is 1.94 bits per heavy atom. The van der Waals surface area contributed by atoms with Crippen molar-refractivity contribution in [2.75, 3.05) is 31.9 Å². The molecule has 0 radical (unpaired) electrons. The number of phenols is 2. The average Bonchev–Trinajstić information content (AvgIpc) is 3.76. The van der Waals surface area contributed by atoms with Crippen LogP contribution >= 0.6 is 34.7 Å². The normalized spacial score (nSPS) is 21.2. The second-order valence-corrected chi connectivity index (χ2v) is 16.6. The lowest BCUT2D eigenvalue weighted by molar-refractivity contribution is -0.912. The van der Waals surface area contributed by atoms with Gasteiger partial charge in [0.25, 0.3) is 17.4 Å². The number of nitrogens with zero attached hydrogens (tertiary/aromatic N) is 6. The Hall–Kier alpha value is -4.92. The van der Waals surface area contributed by atoms with E-state index in [0.29, 0.717) is 29.6 Å². The van der Waals surface area contributed by atoms with Crippen molar-refractivity contribution < 1.29 is 48.9 Å². The van der Waals surface area contributed by atoms with Gasteiger partial charge in [0.05, 0.1) is 48.5 Å². The number of β-lactam (4-membered cyclic amide) rings is 1. The zero-order chi connectivity index (χ0) is 39.3. The number of aromatic hydroxyl groups is 2. The number of likely N-dealkylation sites (tertiary alicyclic amines) is 1. The number of carbonyl (C=O) groups excluding carboxylic acids is 3. The fourth-order valence-electron chi connectivity index (χ4n) is 6.87. The van der Waals surface area contributed by atoms with Crippen LogP contribution in [0.25, 0.3) is 10.9 Å². The third-order valence-electron chi connectivity index (χ3n) is 9.82. The maximum absolute atomic E-state index is 13.6. The molecule has 0 saturated carbocycles. The third kappa shape index (κ3) is 7.17. The van der Waals surface area contributed by atoms with E-state index >= 15 is 0 Å². The Kier molecular flexibility index (Phi) is 10.6. The van der Waals surface area contributed by atoms with Crippen molar-refractivity contribution in [2.24, 2.45) is 5.16 Å². The van der Waals surface area contributed by atoms with E-state index in [0.717, 1.165) is 48.2 Å². The molecule has 5 heterocycles. The van der Waals surface area contributed by atoms with Crippen molar-refractivity contribution >= 4 is 80.2 Å². The van der Waals surface area contributed by atoms with E-state index in [1.165, 1.54) is 41.9 Å². The predicted molar refractivity (Wildman–Crippen MR) is 195 cm³/mol. The number of thioether (sulfide) groups is 1. The molecule has 288 valence electrons. The minimum Gasteiger partial charge on any atom is -0.543 e. The first-order valence-corrected chi connectivity index (χ1v) is 19.0. The summed E-state index contributed by atoms with van der Waals surface area (Å²) in [6.45, 7) is 6.92. The number of nitrogens with one attached hydrogen (secondary N) is 1. The molecule has 18 nitrogen and oxygen atoms in total. The van der Waals surface area contributed by atoms with E-state index in [4.69, 9.17) is 22.2 Å². The van der Waals surface area contributed by atoms with Gasteiger partial charge in [-0.1, -0.05) is 16.8 Å². The number of nitrogens with two attached hydrogens (primary N) is 1. The van der Waals surface area contributed by atoms with Gasteiger partial charge in [0.2, 0.25) is 5.60 Å². The molecule has 0 spiro atoms. The van der Waals surface area contributed by atoms with E-state index in [-0.39, 0.29) is 39.0 Å². The number of carbonyl (C=O) groups is 4. The summed E-state index contributed by atoms with van der Waals surface area (Å²) in [4.78, 5) is 79.2. The van der Waals surface area contributed by atoms with Gasteiger partial charge in [-0.2, -0.15) is 0 Å². The molecule has 2 amide bonds. The standard InChI is InChI=1S/C33H37ClN8O10S2/c1-15-16(12-42(8-4-5-9-42)10-6-7-40-14-36-17-11-19(43)25(44)21(34)20(17)27(40)46)24(30(48)49)41-28(47)23(29(41)54-15)38-26(45)22(18-13-53-32(35)37-18)39-52-33(2,3)31(50)51/h11,13-15,23,29H,4-10,12H2,1-3H3,(H6-,35,37,38,39,43,44,45,46,48,49,50,51)/t15-,23+,29+/m0/s1. The fourth-order valence-corrected chi connectivity index (χ4v) is 9.13. The number of carboxylic acids is 2. The lowest BCUT2D eigenvalue weighted by atomic mass is 9.99. The van der Waals surface area contributed by atoms with Crippen molar-refractivity contribution in [3.63, 3.8) is 0 Å². The number of rotatable bonds is 13. The van der Waals surface area contributed by atoms with Crippen LogP contribution in [0.5, 0.6) is 11.5 Å². The molecule has 0 aliphatic carbocycles. The SMILES string of the molecule is C[C@@H]1S[C@@H]2[C@H](NC(=O)C(=NOC(C)(C)C(=O)O)c3csc(N)n3)C(=O)N2C(C(=O)[O-])=C1C[N+]1(CCCn2cnc3cc(O)c(O)c(Cl)c3c2=O)CCCC1. The van der Waals surface area contributed by atoms with Crippen LogP contribution in [0.2, 0.25) is 5.02 Å². The number of quaternary nitrogens is 1. The third-order valence-corrected chi connectivity index (χ3v) is 12.3. The van der Waals surface area contributed by atoms with Crippen LogP contribution in [0.4, 0.5) is 5.13 Å². The number of hydrogen-bond donors (Lipinski definition) is 5. The van der Waals surface area contributed by atoms with E-state index in [9.17, 15) is 44.4 Å². The number of aromatic nitrogens is 3. The molecule has 6 N–H and O–H groups in total. The zero-order valence-electron chi connectivity index (χ0n) is 29.3. The van der Waals surface area contributed by atoms with Gasteiger partial charge >= 0.3 is 5.97 Å². The van der Waals surface area contributed by atoms with Gasteiger partial charge in [0.15, 0.2) is 22.3 Å². The summed E-state index contributed by atoms with van der Waals surface area (Å²) in [5.74, 6) is -5.55. The number of carboxylic acid groups (broad SMARTS) is 2. The first kappa shape index (κ1) is 38.8. The van der Waals surface area contributed by atoms with E-state index in [1.807, 2.05) is 6.92 Å². The van der Waals surface area contributed by atoms with Gasteiger partial charge in [-0.15, -0.1) is 23.1 Å². The van der Waals surface area contributed by atoms with Crippen molar-refractivity contribution in [2.45, 2.75) is 68.8 Å². The van der Waals surface area contributed by atoms with Gasteiger partial charge in [0.1, 0.15) is 28.7 Å². The van der Waals surface area contributed by atoms with Crippen LogP contribution in [-0.2, 0) is 30.6 Å². The van der Waals surface area contributed by atoms with E-state index in [1.54, 1.807) is 0 Å².